The topological polar surface area (TPSA) is 450 Å². The van der Waals surface area contributed by atoms with Crippen LogP contribution >= 0.6 is 24.0 Å². The highest BCUT2D eigenvalue weighted by atomic mass is 35.5. The summed E-state index contributed by atoms with van der Waals surface area (Å²) in [6, 6.07) is 17.5. The number of alkyl halides is 3. The highest BCUT2D eigenvalue weighted by Crippen LogP contribution is 2.68. The fourth-order valence-corrected chi connectivity index (χ4v) is 17.3. The third-order valence-electron chi connectivity index (χ3n) is 21.8. The number of ether oxygens (including phenoxy) is 4. The lowest BCUT2D eigenvalue weighted by molar-refractivity contribution is -0.228. The number of carbonyl (C=O) groups excluding carboxylic acids is 6. The quantitative estimate of drug-likeness (QED) is 0.00595. The smallest absolute Gasteiger partial charge is 0.394 e. The van der Waals surface area contributed by atoms with Crippen LogP contribution in [-0.4, -0.2) is 228 Å². The van der Waals surface area contributed by atoms with Gasteiger partial charge >= 0.3 is 40.3 Å². The van der Waals surface area contributed by atoms with E-state index in [-0.39, 0.29) is 74.5 Å². The number of fused-ring (bicyclic) bond motifs is 6. The maximum atomic E-state index is 15.3. The number of benzene rings is 3. The summed E-state index contributed by atoms with van der Waals surface area (Å²) < 4.78 is 79.5. The van der Waals surface area contributed by atoms with Crippen molar-refractivity contribution in [2.24, 2.45) is 28.1 Å². The minimum absolute atomic E-state index is 0. The number of halogens is 4. The van der Waals surface area contributed by atoms with Gasteiger partial charge in [-0.1, -0.05) is 75.6 Å². The molecule has 36 heteroatoms. The molecule has 11 rings (SSSR count). The Hall–Kier alpha value is -7.58. The second kappa shape index (κ2) is 38.6. The van der Waals surface area contributed by atoms with Gasteiger partial charge in [-0.2, -0.15) is 13.4 Å². The van der Waals surface area contributed by atoms with Crippen LogP contribution in [0.4, 0.5) is 19.3 Å². The Morgan fingerprint density at radius 1 is 0.936 bits per heavy atom. The van der Waals surface area contributed by atoms with Crippen LogP contribution in [0, 0.1) is 16.2 Å². The van der Waals surface area contributed by atoms with E-state index in [9.17, 15) is 52.7 Å². The molecule has 4 aromatic rings. The van der Waals surface area contributed by atoms with Gasteiger partial charge in [0.15, 0.2) is 11.6 Å². The average molecular weight is 1600 g/mol. The van der Waals surface area contributed by atoms with Gasteiger partial charge in [-0.25, -0.2) is 23.2 Å². The summed E-state index contributed by atoms with van der Waals surface area (Å²) in [6.45, 7) is 13.1. The van der Waals surface area contributed by atoms with Crippen molar-refractivity contribution in [3.05, 3.63) is 111 Å². The van der Waals surface area contributed by atoms with Crippen molar-refractivity contribution in [3.8, 4) is 5.75 Å². The van der Waals surface area contributed by atoms with Crippen LogP contribution in [0.2, 0.25) is 0 Å². The number of carboxylic acids is 1. The van der Waals surface area contributed by atoms with Gasteiger partial charge in [0.05, 0.1) is 50.5 Å². The molecule has 109 heavy (non-hydrogen) atoms. The Kier molecular flexibility index (Phi) is 32.0. The highest BCUT2D eigenvalue weighted by molar-refractivity contribution is 7.79. The Labute approximate surface area is 644 Å². The molecule has 7 aliphatic rings. The highest BCUT2D eigenvalue weighted by Gasteiger charge is 2.81. The Morgan fingerprint density at radius 2 is 1.60 bits per heavy atom. The number of esters is 3. The fourth-order valence-electron chi connectivity index (χ4n) is 17.1. The number of hydrogen-bond acceptors (Lipinski definition) is 23. The van der Waals surface area contributed by atoms with Crippen LogP contribution in [0.5, 0.6) is 5.75 Å². The third-order valence-corrected chi connectivity index (χ3v) is 21.9. The van der Waals surface area contributed by atoms with Gasteiger partial charge in [0.1, 0.15) is 11.2 Å². The van der Waals surface area contributed by atoms with Crippen molar-refractivity contribution in [2.75, 3.05) is 85.0 Å². The summed E-state index contributed by atoms with van der Waals surface area (Å²) in [5, 5.41) is 43.7. The molecule has 4 fully saturated rings. The number of amides is 4. The summed E-state index contributed by atoms with van der Waals surface area (Å²) in [5.41, 5.74) is 12.1. The maximum absolute atomic E-state index is 15.3. The van der Waals surface area contributed by atoms with Crippen LogP contribution in [0.15, 0.2) is 78.1 Å². The van der Waals surface area contributed by atoms with Crippen molar-refractivity contribution in [2.45, 2.75) is 189 Å². The third kappa shape index (κ3) is 19.3. The van der Waals surface area contributed by atoms with Gasteiger partial charge in [0.25, 0.3) is 12.3 Å². The van der Waals surface area contributed by atoms with Gasteiger partial charge in [0, 0.05) is 108 Å². The summed E-state index contributed by atoms with van der Waals surface area (Å²) in [7, 11) is 1.25. The number of carbonyl (C=O) groups is 7. The Morgan fingerprint density at radius 3 is 2.15 bits per heavy atom. The first-order valence-corrected chi connectivity index (χ1v) is 38.0. The molecule has 6 heterocycles. The van der Waals surface area contributed by atoms with E-state index in [1.54, 1.807) is 6.07 Å². The second-order valence-electron chi connectivity index (χ2n) is 28.7. The maximum Gasteiger partial charge on any atom is 0.394 e. The number of aromatic nitrogens is 1. The van der Waals surface area contributed by atoms with E-state index in [1.807, 2.05) is 95.4 Å². The van der Waals surface area contributed by atoms with Crippen molar-refractivity contribution < 1.29 is 94.1 Å². The van der Waals surface area contributed by atoms with E-state index in [0.717, 1.165) is 59.3 Å². The van der Waals surface area contributed by atoms with E-state index in [2.05, 4.69) is 47.6 Å². The van der Waals surface area contributed by atoms with Crippen molar-refractivity contribution >= 4 is 93.2 Å². The molecule has 606 valence electrons. The molecule has 0 radical (unpaired) electrons. The van der Waals surface area contributed by atoms with Gasteiger partial charge in [-0.3, -0.25) is 48.9 Å². The summed E-state index contributed by atoms with van der Waals surface area (Å²) in [4.78, 5) is 110. The Balaban J connectivity index is 0.000000305. The van der Waals surface area contributed by atoms with Gasteiger partial charge in [-0.15, -0.1) is 28.9 Å². The predicted molar refractivity (Wildman–Crippen MR) is 404 cm³/mol. The summed E-state index contributed by atoms with van der Waals surface area (Å²) in [5.74, 6) is -3.57. The van der Waals surface area contributed by atoms with Crippen LogP contribution in [-0.2, 0) is 72.4 Å². The van der Waals surface area contributed by atoms with E-state index < -0.39 is 97.9 Å². The molecule has 11 atom stereocenters. The molecular weight excluding hydrogens is 1490 g/mol. The fraction of sp³-hybridized carbons (Fsp3) is 0.603. The number of nitrogens with one attached hydrogen (secondary N) is 5. The first-order chi connectivity index (χ1) is 51.1. The minimum atomic E-state index is -4.67. The van der Waals surface area contributed by atoms with Crippen molar-refractivity contribution in [3.63, 3.8) is 0 Å². The molecule has 2 bridgehead atoms. The summed E-state index contributed by atoms with van der Waals surface area (Å²) in [6.07, 6.45) is 8.09. The number of hydrogen-bond donors (Lipinski definition) is 12. The molecular formula is C73H106Cl2F2N12O19S. The van der Waals surface area contributed by atoms with Crippen molar-refractivity contribution in [1.82, 2.24) is 41.3 Å². The van der Waals surface area contributed by atoms with Crippen LogP contribution in [0.25, 0.3) is 10.9 Å². The molecule has 1 aromatic heterocycles. The molecule has 14 N–H and O–H groups in total. The van der Waals surface area contributed by atoms with E-state index in [4.69, 9.17) is 64.6 Å². The lowest BCUT2D eigenvalue weighted by Crippen LogP contribution is -2.81. The lowest BCUT2D eigenvalue weighted by atomic mass is 9.47. The first kappa shape index (κ1) is 90.3. The number of anilines is 1. The predicted octanol–water partition coefficient (Wildman–Crippen LogP) is 6.36. The zero-order valence-corrected chi connectivity index (χ0v) is 65.3. The number of aromatic amines is 1. The van der Waals surface area contributed by atoms with Gasteiger partial charge in [0.2, 0.25) is 12.0 Å². The number of aliphatic hydroxyl groups is 2. The molecule has 5 aliphatic heterocycles. The van der Waals surface area contributed by atoms with E-state index >= 15 is 4.79 Å². The monoisotopic (exact) mass is 1590 g/mol. The van der Waals surface area contributed by atoms with E-state index in [1.165, 1.54) is 39.6 Å². The molecule has 3 unspecified atom stereocenters. The van der Waals surface area contributed by atoms with Crippen LogP contribution in [0.1, 0.15) is 150 Å². The van der Waals surface area contributed by atoms with Gasteiger partial charge < -0.3 is 66.3 Å². The van der Waals surface area contributed by atoms with Crippen LogP contribution in [0.3, 0.4) is 0 Å². The number of rotatable bonds is 22. The number of nitrogens with two attached hydrogens (primary N) is 2. The standard InChI is InChI=1S/C46H56N4O10.C12H19N3O.C9H16ClN3O2.C6H12F2N2O2.ClH.H2O4S/c1-7-42(55)22-28-23-45(40(53)58-5,36-30(14-18-48(24-28)25-42)29-12-9-10-13-33(29)47-36)32-20-31-34(21-35(32)57-4)50(26-51)38-44(31)16-19-49-17-11-15-43(8-2,37(44)49)39(60-27(3)52)46(38,56)41(54)59-6;1-9(2)15-12(16)11-6-4-10(5-7-11)8-14-13-3;10-6-7-13(12-15)9(14)11-8-4-2-1-3-5-8;7-4(8)6(10,5(11)12)2-1-3-9;;1-5(2,3)4/h9-13,15,20-21,26,28,37-39,47,55-56H,7-8,14,16-19,22-25H2,1-6H3;4-7,9,13-14H,8H2,1-3H3,(H,15,16);8H,1-7H2,(H,11,14);4H,1-3,9-10H2,(H,11,12);1H;(H2,1,2,3,4)/t28?,37-,38+,39+,42-,43+,44+,45-,46-;;;;;/m0...../s1. The number of urea groups is 1. The Bertz CT molecular complexity index is 3970. The van der Waals surface area contributed by atoms with Crippen molar-refractivity contribution in [1.29, 1.82) is 0 Å². The number of carboxylic acid groups (broad SMARTS) is 1. The zero-order valence-electron chi connectivity index (χ0n) is 62.9. The number of nitrogens with zero attached hydrogens (tertiary/aromatic N) is 5. The van der Waals surface area contributed by atoms with Gasteiger partial charge in [-0.05, 0) is 145 Å². The zero-order chi connectivity index (χ0) is 79.9. The molecule has 4 amide bonds. The second-order valence-corrected chi connectivity index (χ2v) is 30.0. The number of nitroso groups, excluding NO2 is 1. The number of aliphatic carboxylic acids is 1. The SMILES string of the molecule is CC[C@]1(O)CC2CN(CCc3c([nH]c4ccccc34)[C@@](C(=O)OC)(c3cc4c(cc3OC)N(C=O)[C@H]3[C@@](O)(C(=O)OC)[C@H](OC(C)=O)[C@]5(CC)C=CCN6CC[C@]43[C@@H]65)C2)C1.CNNCc1ccc(C(=O)NC(C)C)cc1.Cl.NCCCC(N)(C(=O)O)C(F)F.O=NN(CCCl)C(=O)NC1CCCCC1.O=S(=O)(O)O. The average Bonchev–Trinajstić information content (AvgIpc) is 1.49. The minimum Gasteiger partial charge on any atom is -0.496 e. The molecule has 3 aromatic carbocycles. The molecule has 2 aliphatic carbocycles. The number of H-pyrrole nitrogens is 1. The molecule has 2 saturated carbocycles. The lowest BCUT2D eigenvalue weighted by Gasteiger charge is -2.63. The summed E-state index contributed by atoms with van der Waals surface area (Å²) >= 11 is 5.44. The number of piperidine rings is 1. The van der Waals surface area contributed by atoms with Crippen LogP contribution < -0.4 is 42.6 Å². The molecule has 31 nitrogen and oxygen atoms in total. The van der Waals surface area contributed by atoms with E-state index in [0.29, 0.717) is 105 Å². The number of methoxy groups -OCH3 is 3. The number of hydrazine groups is 1. The largest absolute Gasteiger partial charge is 0.496 e. The normalized spacial score (nSPS) is 26.3. The molecule has 2 saturated heterocycles. The number of para-hydroxylation sites is 1. The first-order valence-electron chi connectivity index (χ1n) is 36.1. The molecule has 1 spiro atoms.